The van der Waals surface area contributed by atoms with Crippen LogP contribution in [0.5, 0.6) is 0 Å². The Bertz CT molecular complexity index is 1400. The van der Waals surface area contributed by atoms with Gasteiger partial charge in [-0.2, -0.15) is 0 Å². The average molecular weight is 368 g/mol. The highest BCUT2D eigenvalue weighted by Crippen LogP contribution is 2.35. The van der Waals surface area contributed by atoms with Gasteiger partial charge in [-0.1, -0.05) is 42.5 Å². The molecule has 2 aromatic carbocycles. The van der Waals surface area contributed by atoms with Gasteiger partial charge >= 0.3 is 5.97 Å². The van der Waals surface area contributed by atoms with Gasteiger partial charge in [0.25, 0.3) is 5.56 Å². The predicted octanol–water partition coefficient (Wildman–Crippen LogP) is 4.28. The van der Waals surface area contributed by atoms with Crippen molar-refractivity contribution in [2.45, 2.75) is 6.92 Å². The van der Waals surface area contributed by atoms with Crippen LogP contribution >= 0.6 is 0 Å². The first-order valence-electron chi connectivity index (χ1n) is 9.11. The molecule has 0 atom stereocenters. The van der Waals surface area contributed by atoms with Crippen LogP contribution in [0.3, 0.4) is 0 Å². The van der Waals surface area contributed by atoms with Crippen molar-refractivity contribution >= 4 is 33.3 Å². The van der Waals surface area contributed by atoms with Crippen LogP contribution in [0.15, 0.2) is 71.7 Å². The normalized spacial score (nSPS) is 11.5. The summed E-state index contributed by atoms with van der Waals surface area (Å²) in [5, 5.41) is 1.54. The van der Waals surface area contributed by atoms with Crippen LogP contribution in [0, 0.1) is 0 Å². The van der Waals surface area contributed by atoms with Crippen LogP contribution in [0.4, 0.5) is 0 Å². The summed E-state index contributed by atoms with van der Waals surface area (Å²) in [5.74, 6) is -0.435. The number of rotatable bonds is 3. The highest BCUT2D eigenvalue weighted by Gasteiger charge is 2.21. The Morgan fingerprint density at radius 3 is 2.64 bits per heavy atom. The molecule has 3 aromatic heterocycles. The summed E-state index contributed by atoms with van der Waals surface area (Å²) in [6.07, 6.45) is 1.53. The summed E-state index contributed by atoms with van der Waals surface area (Å²) in [6, 6.07) is 19.1. The van der Waals surface area contributed by atoms with E-state index >= 15 is 0 Å². The standard InChI is InChI=1S/C23H16N2O3/c1-2-28-23(27)17-13-24-18-10-11-20(26)25-19-12-15(14-6-4-3-5-7-14)8-9-16(19)21(17)22(18)25/h3-13H,2H2,1H3. The molecular formula is C23H16N2O3. The number of fused-ring (bicyclic) bond motifs is 3. The lowest BCUT2D eigenvalue weighted by atomic mass is 10.0. The van der Waals surface area contributed by atoms with Crippen molar-refractivity contribution in [1.82, 2.24) is 9.38 Å². The molecule has 0 saturated heterocycles. The molecule has 0 bridgehead atoms. The van der Waals surface area contributed by atoms with E-state index in [-0.39, 0.29) is 12.2 Å². The second-order valence-electron chi connectivity index (χ2n) is 6.61. The van der Waals surface area contributed by atoms with Crippen molar-refractivity contribution in [3.05, 3.63) is 82.8 Å². The van der Waals surface area contributed by atoms with Gasteiger partial charge in [-0.05, 0) is 30.2 Å². The van der Waals surface area contributed by atoms with Gasteiger partial charge in [-0.25, -0.2) is 4.79 Å². The fourth-order valence-corrected chi connectivity index (χ4v) is 3.81. The summed E-state index contributed by atoms with van der Waals surface area (Å²) >= 11 is 0. The van der Waals surface area contributed by atoms with Crippen LogP contribution in [-0.4, -0.2) is 22.0 Å². The van der Waals surface area contributed by atoms with Crippen LogP contribution < -0.4 is 5.56 Å². The largest absolute Gasteiger partial charge is 0.462 e. The van der Waals surface area contributed by atoms with Gasteiger partial charge in [0.05, 0.1) is 28.7 Å². The number of benzene rings is 2. The molecule has 5 aromatic rings. The first-order chi connectivity index (χ1) is 13.7. The number of esters is 1. The monoisotopic (exact) mass is 368 g/mol. The third-order valence-corrected chi connectivity index (χ3v) is 5.02. The molecule has 28 heavy (non-hydrogen) atoms. The van der Waals surface area contributed by atoms with Gasteiger partial charge in [0, 0.05) is 23.0 Å². The number of carbonyl (C=O) groups is 1. The minimum Gasteiger partial charge on any atom is -0.462 e. The Morgan fingerprint density at radius 1 is 1.04 bits per heavy atom. The molecule has 0 aliphatic carbocycles. The molecule has 0 fully saturated rings. The first-order valence-corrected chi connectivity index (χ1v) is 9.11. The predicted molar refractivity (Wildman–Crippen MR) is 109 cm³/mol. The molecule has 0 aliphatic rings. The Kier molecular flexibility index (Phi) is 3.62. The second-order valence-corrected chi connectivity index (χ2v) is 6.61. The van der Waals surface area contributed by atoms with Crippen molar-refractivity contribution in [1.29, 1.82) is 0 Å². The van der Waals surface area contributed by atoms with Crippen molar-refractivity contribution in [3.8, 4) is 11.1 Å². The zero-order valence-corrected chi connectivity index (χ0v) is 15.2. The fraction of sp³-hybridized carbons (Fsp3) is 0.0870. The maximum absolute atomic E-state index is 12.7. The molecule has 0 saturated carbocycles. The molecular weight excluding hydrogens is 352 g/mol. The second kappa shape index (κ2) is 6.16. The number of ether oxygens (including phenoxy) is 1. The summed E-state index contributed by atoms with van der Waals surface area (Å²) in [4.78, 5) is 29.6. The van der Waals surface area contributed by atoms with Gasteiger partial charge in [-0.3, -0.25) is 14.2 Å². The molecule has 0 aliphatic heterocycles. The van der Waals surface area contributed by atoms with E-state index in [1.807, 2.05) is 48.5 Å². The van der Waals surface area contributed by atoms with E-state index in [2.05, 4.69) is 4.98 Å². The van der Waals surface area contributed by atoms with E-state index in [1.54, 1.807) is 17.4 Å². The maximum Gasteiger partial charge on any atom is 0.340 e. The Balaban J connectivity index is 1.93. The van der Waals surface area contributed by atoms with Crippen LogP contribution in [0.1, 0.15) is 17.3 Å². The number of aromatic nitrogens is 2. The first kappa shape index (κ1) is 16.4. The number of carbonyl (C=O) groups excluding carboxylic acids is 1. The Morgan fingerprint density at radius 2 is 1.86 bits per heavy atom. The van der Waals surface area contributed by atoms with Crippen LogP contribution in [0.2, 0.25) is 0 Å². The van der Waals surface area contributed by atoms with E-state index in [0.29, 0.717) is 22.0 Å². The smallest absolute Gasteiger partial charge is 0.340 e. The quantitative estimate of drug-likeness (QED) is 0.446. The molecule has 0 N–H and O–H groups in total. The lowest BCUT2D eigenvalue weighted by Crippen LogP contribution is -2.11. The van der Waals surface area contributed by atoms with E-state index in [9.17, 15) is 9.59 Å². The Labute approximate surface area is 160 Å². The van der Waals surface area contributed by atoms with Gasteiger partial charge in [0.2, 0.25) is 0 Å². The van der Waals surface area contributed by atoms with Crippen molar-refractivity contribution in [2.75, 3.05) is 6.61 Å². The van der Waals surface area contributed by atoms with E-state index < -0.39 is 5.97 Å². The highest BCUT2D eigenvalue weighted by molar-refractivity contribution is 6.20. The highest BCUT2D eigenvalue weighted by atomic mass is 16.5. The number of pyridine rings is 2. The zero-order valence-electron chi connectivity index (χ0n) is 15.2. The van der Waals surface area contributed by atoms with E-state index in [4.69, 9.17) is 4.74 Å². The zero-order chi connectivity index (χ0) is 19.3. The molecule has 136 valence electrons. The average Bonchev–Trinajstić information content (AvgIpc) is 3.07. The van der Waals surface area contributed by atoms with Gasteiger partial charge in [0.1, 0.15) is 0 Å². The van der Waals surface area contributed by atoms with E-state index in [1.165, 1.54) is 12.3 Å². The molecule has 5 rings (SSSR count). The van der Waals surface area contributed by atoms with Gasteiger partial charge in [0.15, 0.2) is 0 Å². The maximum atomic E-state index is 12.7. The van der Waals surface area contributed by atoms with Crippen molar-refractivity contribution < 1.29 is 9.53 Å². The summed E-state index contributed by atoms with van der Waals surface area (Å²) in [5.41, 5.74) is 4.36. The summed E-state index contributed by atoms with van der Waals surface area (Å²) in [7, 11) is 0. The van der Waals surface area contributed by atoms with Crippen LogP contribution in [0.25, 0.3) is 38.4 Å². The topological polar surface area (TPSA) is 60.7 Å². The van der Waals surface area contributed by atoms with Crippen LogP contribution in [-0.2, 0) is 4.74 Å². The molecule has 0 radical (unpaired) electrons. The lowest BCUT2D eigenvalue weighted by molar-refractivity contribution is 0.0528. The van der Waals surface area contributed by atoms with Crippen molar-refractivity contribution in [3.63, 3.8) is 0 Å². The SMILES string of the molecule is CCOC(=O)c1cnc2ccc(=O)n3c4cc(-c5ccccc5)ccc4c1c23. The molecule has 5 nitrogen and oxygen atoms in total. The van der Waals surface area contributed by atoms with E-state index in [0.717, 1.165) is 22.0 Å². The molecule has 5 heteroatoms. The third kappa shape index (κ3) is 2.29. The Hall–Kier alpha value is -3.73. The fourth-order valence-electron chi connectivity index (χ4n) is 3.81. The third-order valence-electron chi connectivity index (χ3n) is 5.02. The number of nitrogens with zero attached hydrogens (tertiary/aromatic N) is 2. The number of hydrogen-bond acceptors (Lipinski definition) is 4. The molecule has 0 spiro atoms. The molecule has 3 heterocycles. The number of hydrogen-bond donors (Lipinski definition) is 0. The minimum absolute atomic E-state index is 0.152. The molecule has 0 amide bonds. The summed E-state index contributed by atoms with van der Waals surface area (Å²) in [6.45, 7) is 2.04. The van der Waals surface area contributed by atoms with Gasteiger partial charge < -0.3 is 4.74 Å². The lowest BCUT2D eigenvalue weighted by Gasteiger charge is -2.05. The summed E-state index contributed by atoms with van der Waals surface area (Å²) < 4.78 is 6.86. The minimum atomic E-state index is -0.435. The van der Waals surface area contributed by atoms with Crippen molar-refractivity contribution in [2.24, 2.45) is 0 Å². The molecule has 0 unspecified atom stereocenters. The van der Waals surface area contributed by atoms with Gasteiger partial charge in [-0.15, -0.1) is 0 Å².